The lowest BCUT2D eigenvalue weighted by molar-refractivity contribution is 0.835. The Morgan fingerprint density at radius 3 is 2.05 bits per heavy atom. The first-order valence-corrected chi connectivity index (χ1v) is 20.1. The number of rotatable bonds is 4. The van der Waals surface area contributed by atoms with Gasteiger partial charge in [-0.25, -0.2) is 4.99 Å². The van der Waals surface area contributed by atoms with E-state index in [0.29, 0.717) is 0 Å². The zero-order chi connectivity index (χ0) is 37.5. The van der Waals surface area contributed by atoms with Crippen molar-refractivity contribution in [2.24, 2.45) is 4.99 Å². The predicted octanol–water partition coefficient (Wildman–Crippen LogP) is 12.4. The number of para-hydroxylation sites is 2. The van der Waals surface area contributed by atoms with E-state index in [2.05, 4.69) is 195 Å². The molecule has 1 atom stereocenters. The van der Waals surface area contributed by atoms with E-state index < -0.39 is 0 Å². The largest absolute Gasteiger partial charge is 0.344 e. The minimum absolute atomic E-state index is 0.0346. The van der Waals surface area contributed by atoms with Crippen molar-refractivity contribution >= 4 is 82.7 Å². The monoisotopic (exact) mass is 747 g/mol. The molecule has 5 heterocycles. The standard InChI is InChI=1S/C51H33N5S/c1-3-12-33(13-4-1)49-50-42(31-47(57-50)32-24-26-52-27-25-32)53-51(54-49)56-44-23-22-36(29-40(44)41-28-34-14-7-8-15-35(34)30-46(41)56)38-19-11-21-45-48(38)39-18-9-10-20-43(39)55(45)37-16-5-2-6-17-37/h1-31,42H,(H,53,54). The Morgan fingerprint density at radius 2 is 1.21 bits per heavy atom. The van der Waals surface area contributed by atoms with Gasteiger partial charge in [-0.05, 0) is 94.2 Å². The molecule has 5 nitrogen and oxygen atoms in total. The maximum absolute atomic E-state index is 5.51. The first-order chi connectivity index (χ1) is 28.3. The Kier molecular flexibility index (Phi) is 7.16. The number of pyridine rings is 1. The number of aromatic nitrogens is 3. The van der Waals surface area contributed by atoms with Gasteiger partial charge in [0.1, 0.15) is 0 Å². The van der Waals surface area contributed by atoms with Crippen LogP contribution >= 0.6 is 11.8 Å². The van der Waals surface area contributed by atoms with Crippen LogP contribution in [0.25, 0.3) is 81.8 Å². The number of fused-ring (bicyclic) bond motifs is 8. The maximum atomic E-state index is 5.51. The van der Waals surface area contributed by atoms with Gasteiger partial charge in [0.15, 0.2) is 0 Å². The molecular formula is C51H33N5S. The van der Waals surface area contributed by atoms with Gasteiger partial charge in [-0.2, -0.15) is 0 Å². The first-order valence-electron chi connectivity index (χ1n) is 19.3. The van der Waals surface area contributed by atoms with Gasteiger partial charge >= 0.3 is 0 Å². The fourth-order valence-electron chi connectivity index (χ4n) is 8.88. The van der Waals surface area contributed by atoms with Gasteiger partial charge in [-0.1, -0.05) is 121 Å². The Morgan fingerprint density at radius 1 is 0.509 bits per heavy atom. The van der Waals surface area contributed by atoms with Crippen LogP contribution in [-0.2, 0) is 0 Å². The van der Waals surface area contributed by atoms with Gasteiger partial charge in [-0.3, -0.25) is 9.55 Å². The minimum atomic E-state index is -0.0346. The molecule has 268 valence electrons. The van der Waals surface area contributed by atoms with E-state index in [1.54, 1.807) is 11.8 Å². The summed E-state index contributed by atoms with van der Waals surface area (Å²) in [5, 5.41) is 11.2. The van der Waals surface area contributed by atoms with Crippen molar-refractivity contribution in [3.05, 3.63) is 204 Å². The lowest BCUT2D eigenvalue weighted by atomic mass is 9.97. The highest BCUT2D eigenvalue weighted by Crippen LogP contribution is 2.48. The first kappa shape index (κ1) is 32.1. The summed E-state index contributed by atoms with van der Waals surface area (Å²) < 4.78 is 4.73. The number of nitrogens with zero attached hydrogens (tertiary/aromatic N) is 4. The second-order valence-electron chi connectivity index (χ2n) is 14.7. The Labute approximate surface area is 332 Å². The van der Waals surface area contributed by atoms with Gasteiger partial charge in [-0.15, -0.1) is 0 Å². The Bertz CT molecular complexity index is 3340. The van der Waals surface area contributed by atoms with Gasteiger partial charge in [0, 0.05) is 55.0 Å². The van der Waals surface area contributed by atoms with Crippen LogP contribution in [0.5, 0.6) is 0 Å². The molecule has 0 bridgehead atoms. The second kappa shape index (κ2) is 12.7. The van der Waals surface area contributed by atoms with Crippen molar-refractivity contribution in [1.82, 2.24) is 19.4 Å². The van der Waals surface area contributed by atoms with Crippen molar-refractivity contribution in [3.8, 4) is 16.8 Å². The molecule has 12 rings (SSSR count). The highest BCUT2D eigenvalue weighted by atomic mass is 32.2. The normalized spacial score (nSPS) is 15.4. The number of hydrogen-bond acceptors (Lipinski definition) is 4. The van der Waals surface area contributed by atoms with E-state index in [9.17, 15) is 0 Å². The number of thioether (sulfide) groups is 1. The number of benzene rings is 7. The molecule has 0 fully saturated rings. The van der Waals surface area contributed by atoms with Crippen LogP contribution < -0.4 is 5.32 Å². The maximum Gasteiger partial charge on any atom is 0.209 e. The summed E-state index contributed by atoms with van der Waals surface area (Å²) in [7, 11) is 0. The molecule has 0 radical (unpaired) electrons. The van der Waals surface area contributed by atoms with E-state index in [4.69, 9.17) is 4.99 Å². The van der Waals surface area contributed by atoms with Gasteiger partial charge in [0.25, 0.3) is 0 Å². The van der Waals surface area contributed by atoms with Crippen molar-refractivity contribution < 1.29 is 0 Å². The molecule has 57 heavy (non-hydrogen) atoms. The molecule has 0 spiro atoms. The molecule has 1 N–H and O–H groups in total. The molecule has 0 saturated heterocycles. The van der Waals surface area contributed by atoms with Crippen LogP contribution in [0.2, 0.25) is 0 Å². The highest BCUT2D eigenvalue weighted by molar-refractivity contribution is 8.12. The summed E-state index contributed by atoms with van der Waals surface area (Å²) in [6.07, 6.45) is 6.05. The van der Waals surface area contributed by atoms with Gasteiger partial charge < -0.3 is 9.88 Å². The Hall–Kier alpha value is -7.15. The van der Waals surface area contributed by atoms with E-state index in [-0.39, 0.29) is 6.04 Å². The third-order valence-corrected chi connectivity index (χ3v) is 12.7. The summed E-state index contributed by atoms with van der Waals surface area (Å²) in [6.45, 7) is 0. The minimum Gasteiger partial charge on any atom is -0.344 e. The van der Waals surface area contributed by atoms with E-state index >= 15 is 0 Å². The zero-order valence-electron chi connectivity index (χ0n) is 30.7. The zero-order valence-corrected chi connectivity index (χ0v) is 31.5. The lowest BCUT2D eigenvalue weighted by Gasteiger charge is -2.25. The van der Waals surface area contributed by atoms with Crippen LogP contribution in [0.4, 0.5) is 0 Å². The number of aliphatic imine (C=N–C) groups is 1. The van der Waals surface area contributed by atoms with Crippen molar-refractivity contribution in [3.63, 3.8) is 0 Å². The molecule has 2 aliphatic rings. The van der Waals surface area contributed by atoms with Crippen molar-refractivity contribution in [2.45, 2.75) is 6.04 Å². The molecule has 3 aromatic heterocycles. The average molecular weight is 748 g/mol. The van der Waals surface area contributed by atoms with Crippen LogP contribution in [0.3, 0.4) is 0 Å². The summed E-state index contributed by atoms with van der Waals surface area (Å²) in [6, 6.07) is 61.2. The molecule has 10 aromatic rings. The molecular weight excluding hydrogens is 715 g/mol. The van der Waals surface area contributed by atoms with Crippen LogP contribution in [-0.4, -0.2) is 26.1 Å². The lowest BCUT2D eigenvalue weighted by Crippen LogP contribution is -2.40. The fraction of sp³-hybridized carbons (Fsp3) is 0.0196. The quantitative estimate of drug-likeness (QED) is 0.195. The number of hydrogen-bond donors (Lipinski definition) is 1. The predicted molar refractivity (Wildman–Crippen MR) is 240 cm³/mol. The molecule has 1 unspecified atom stereocenters. The number of nitrogens with one attached hydrogen (secondary N) is 1. The third-order valence-electron chi connectivity index (χ3n) is 11.4. The van der Waals surface area contributed by atoms with E-state index in [0.717, 1.165) is 39.5 Å². The Balaban J connectivity index is 1.09. The fourth-order valence-corrected chi connectivity index (χ4v) is 10.1. The molecule has 0 saturated carbocycles. The average Bonchev–Trinajstić information content (AvgIpc) is 3.96. The second-order valence-corrected chi connectivity index (χ2v) is 15.8. The van der Waals surface area contributed by atoms with Gasteiger partial charge in [0.05, 0.1) is 33.8 Å². The van der Waals surface area contributed by atoms with Crippen LogP contribution in [0.15, 0.2) is 198 Å². The molecule has 0 aliphatic carbocycles. The SMILES string of the molecule is C1=C(c2ccncc2)SC2=C(c3ccccc3)N=C(n3c4ccc(-c5cccc6c5c5ccccc5n6-c5ccccc5)cc4c4cc5ccccc5cc43)NC12. The molecule has 0 amide bonds. The van der Waals surface area contributed by atoms with Crippen molar-refractivity contribution in [2.75, 3.05) is 0 Å². The third kappa shape index (κ3) is 5.04. The summed E-state index contributed by atoms with van der Waals surface area (Å²) in [4.78, 5) is 12.2. The topological polar surface area (TPSA) is 47.1 Å². The highest BCUT2D eigenvalue weighted by Gasteiger charge is 2.33. The van der Waals surface area contributed by atoms with E-state index in [1.165, 1.54) is 64.3 Å². The summed E-state index contributed by atoms with van der Waals surface area (Å²) >= 11 is 1.79. The smallest absolute Gasteiger partial charge is 0.209 e. The molecule has 2 aliphatic heterocycles. The van der Waals surface area contributed by atoms with Gasteiger partial charge in [0.2, 0.25) is 5.96 Å². The molecule has 6 heteroatoms. The van der Waals surface area contributed by atoms with Crippen LogP contribution in [0, 0.1) is 0 Å². The summed E-state index contributed by atoms with van der Waals surface area (Å²) in [5.74, 6) is 0.812. The van der Waals surface area contributed by atoms with Crippen LogP contribution in [0.1, 0.15) is 11.1 Å². The van der Waals surface area contributed by atoms with Crippen molar-refractivity contribution in [1.29, 1.82) is 0 Å². The molecule has 7 aromatic carbocycles. The summed E-state index contributed by atoms with van der Waals surface area (Å²) in [5.41, 5.74) is 11.4. The van der Waals surface area contributed by atoms with E-state index in [1.807, 2.05) is 12.4 Å².